The maximum atomic E-state index is 12.1. The molecule has 1 aliphatic heterocycles. The minimum atomic E-state index is -0.0636. The van der Waals surface area contributed by atoms with Gasteiger partial charge in [0.2, 0.25) is 0 Å². The van der Waals surface area contributed by atoms with Crippen LogP contribution in [-0.4, -0.2) is 25.0 Å². The zero-order chi connectivity index (χ0) is 12.3. The SMILES string of the molecule is Cl.O=C(NC1CCNCC1)c1cc(Cl)ccc1Br. The predicted octanol–water partition coefficient (Wildman–Crippen LogP) is 3.01. The summed E-state index contributed by atoms with van der Waals surface area (Å²) in [5.41, 5.74) is 0.594. The van der Waals surface area contributed by atoms with E-state index in [1.807, 2.05) is 0 Å². The molecule has 0 spiro atoms. The van der Waals surface area contributed by atoms with E-state index in [0.717, 1.165) is 30.4 Å². The normalized spacial score (nSPS) is 15.9. The van der Waals surface area contributed by atoms with E-state index in [4.69, 9.17) is 11.6 Å². The van der Waals surface area contributed by atoms with E-state index in [2.05, 4.69) is 26.6 Å². The van der Waals surface area contributed by atoms with E-state index in [-0.39, 0.29) is 24.4 Å². The quantitative estimate of drug-likeness (QED) is 0.858. The maximum Gasteiger partial charge on any atom is 0.252 e. The Labute approximate surface area is 126 Å². The summed E-state index contributed by atoms with van der Waals surface area (Å²) in [6.07, 6.45) is 1.95. The summed E-state index contributed by atoms with van der Waals surface area (Å²) in [5, 5.41) is 6.88. The van der Waals surface area contributed by atoms with Gasteiger partial charge in [0.25, 0.3) is 5.91 Å². The first-order chi connectivity index (χ1) is 8.16. The number of amides is 1. The Balaban J connectivity index is 0.00000162. The summed E-state index contributed by atoms with van der Waals surface area (Å²) in [4.78, 5) is 12.1. The van der Waals surface area contributed by atoms with Crippen molar-refractivity contribution in [3.63, 3.8) is 0 Å². The van der Waals surface area contributed by atoms with Gasteiger partial charge in [0.15, 0.2) is 0 Å². The minimum absolute atomic E-state index is 0. The van der Waals surface area contributed by atoms with Gasteiger partial charge < -0.3 is 10.6 Å². The van der Waals surface area contributed by atoms with E-state index < -0.39 is 0 Å². The van der Waals surface area contributed by atoms with Crippen LogP contribution >= 0.6 is 39.9 Å². The van der Waals surface area contributed by atoms with Crippen LogP contribution < -0.4 is 10.6 Å². The standard InChI is InChI=1S/C12H14BrClN2O.ClH/c13-11-2-1-8(14)7-10(11)12(17)16-9-3-5-15-6-4-9;/h1-2,7,9,15H,3-6H2,(H,16,17);1H. The second-order valence-corrected chi connectivity index (χ2v) is 5.41. The van der Waals surface area contributed by atoms with E-state index in [9.17, 15) is 4.79 Å². The molecule has 2 N–H and O–H groups in total. The second kappa shape index (κ2) is 7.34. The van der Waals surface area contributed by atoms with Gasteiger partial charge in [-0.05, 0) is 60.1 Å². The fraction of sp³-hybridized carbons (Fsp3) is 0.417. The highest BCUT2D eigenvalue weighted by Gasteiger charge is 2.17. The van der Waals surface area contributed by atoms with Crippen LogP contribution in [-0.2, 0) is 0 Å². The molecule has 1 saturated heterocycles. The van der Waals surface area contributed by atoms with Crippen molar-refractivity contribution in [2.75, 3.05) is 13.1 Å². The first-order valence-corrected chi connectivity index (χ1v) is 6.80. The van der Waals surface area contributed by atoms with Crippen molar-refractivity contribution in [1.29, 1.82) is 0 Å². The first kappa shape index (κ1) is 15.8. The molecule has 0 radical (unpaired) electrons. The number of piperidine rings is 1. The predicted molar refractivity (Wildman–Crippen MR) is 79.8 cm³/mol. The molecule has 1 aliphatic rings. The van der Waals surface area contributed by atoms with Gasteiger partial charge in [-0.15, -0.1) is 12.4 Å². The second-order valence-electron chi connectivity index (χ2n) is 4.12. The molecule has 1 aromatic carbocycles. The average Bonchev–Trinajstić information content (AvgIpc) is 2.33. The third-order valence-corrected chi connectivity index (χ3v) is 3.77. The molecule has 1 aromatic rings. The Kier molecular flexibility index (Phi) is 6.43. The Hall–Kier alpha value is -0.290. The summed E-state index contributed by atoms with van der Waals surface area (Å²) >= 11 is 9.26. The highest BCUT2D eigenvalue weighted by atomic mass is 79.9. The molecule has 0 aromatic heterocycles. The first-order valence-electron chi connectivity index (χ1n) is 5.63. The van der Waals surface area contributed by atoms with Gasteiger partial charge in [0, 0.05) is 15.5 Å². The number of halogens is 3. The van der Waals surface area contributed by atoms with Crippen LogP contribution in [0, 0.1) is 0 Å². The number of carbonyl (C=O) groups excluding carboxylic acids is 1. The summed E-state index contributed by atoms with van der Waals surface area (Å²) < 4.78 is 0.772. The molecular weight excluding hydrogens is 339 g/mol. The van der Waals surface area contributed by atoms with Crippen LogP contribution in [0.3, 0.4) is 0 Å². The molecule has 6 heteroatoms. The highest BCUT2D eigenvalue weighted by Crippen LogP contribution is 2.21. The van der Waals surface area contributed by atoms with E-state index in [0.29, 0.717) is 10.6 Å². The topological polar surface area (TPSA) is 41.1 Å². The van der Waals surface area contributed by atoms with Gasteiger partial charge in [-0.3, -0.25) is 4.79 Å². The van der Waals surface area contributed by atoms with E-state index >= 15 is 0 Å². The molecule has 0 aliphatic carbocycles. The van der Waals surface area contributed by atoms with Crippen LogP contribution in [0.4, 0.5) is 0 Å². The molecule has 100 valence electrons. The lowest BCUT2D eigenvalue weighted by Crippen LogP contribution is -2.42. The molecule has 1 heterocycles. The number of benzene rings is 1. The monoisotopic (exact) mass is 352 g/mol. The Bertz CT molecular complexity index is 423. The van der Waals surface area contributed by atoms with Crippen molar-refractivity contribution in [3.05, 3.63) is 33.3 Å². The zero-order valence-electron chi connectivity index (χ0n) is 9.71. The fourth-order valence-corrected chi connectivity index (χ4v) is 2.50. The molecular formula is C12H15BrCl2N2O. The van der Waals surface area contributed by atoms with Gasteiger partial charge in [0.05, 0.1) is 5.56 Å². The van der Waals surface area contributed by atoms with Crippen molar-refractivity contribution in [2.45, 2.75) is 18.9 Å². The van der Waals surface area contributed by atoms with Crippen LogP contribution in [0.1, 0.15) is 23.2 Å². The summed E-state index contributed by atoms with van der Waals surface area (Å²) in [5.74, 6) is -0.0636. The van der Waals surface area contributed by atoms with Gasteiger partial charge in [0.1, 0.15) is 0 Å². The fourth-order valence-electron chi connectivity index (χ4n) is 1.90. The average molecular weight is 354 g/mol. The van der Waals surface area contributed by atoms with Crippen molar-refractivity contribution in [3.8, 4) is 0 Å². The summed E-state index contributed by atoms with van der Waals surface area (Å²) in [6.45, 7) is 1.92. The van der Waals surface area contributed by atoms with Gasteiger partial charge in [-0.1, -0.05) is 11.6 Å². The minimum Gasteiger partial charge on any atom is -0.349 e. The van der Waals surface area contributed by atoms with Crippen molar-refractivity contribution in [2.24, 2.45) is 0 Å². The van der Waals surface area contributed by atoms with Crippen molar-refractivity contribution >= 4 is 45.8 Å². The largest absolute Gasteiger partial charge is 0.349 e. The summed E-state index contributed by atoms with van der Waals surface area (Å²) in [6, 6.07) is 5.49. The molecule has 0 unspecified atom stereocenters. The molecule has 0 atom stereocenters. The Morgan fingerprint density at radius 2 is 2.06 bits per heavy atom. The third-order valence-electron chi connectivity index (χ3n) is 2.85. The van der Waals surface area contributed by atoms with Crippen LogP contribution in [0.25, 0.3) is 0 Å². The van der Waals surface area contributed by atoms with E-state index in [1.54, 1.807) is 18.2 Å². The molecule has 18 heavy (non-hydrogen) atoms. The lowest BCUT2D eigenvalue weighted by molar-refractivity contribution is 0.0929. The zero-order valence-corrected chi connectivity index (χ0v) is 12.9. The number of nitrogens with one attached hydrogen (secondary N) is 2. The molecule has 1 amide bonds. The molecule has 3 nitrogen and oxygen atoms in total. The van der Waals surface area contributed by atoms with E-state index in [1.165, 1.54) is 0 Å². The maximum absolute atomic E-state index is 12.1. The molecule has 0 bridgehead atoms. The number of rotatable bonds is 2. The van der Waals surface area contributed by atoms with Crippen molar-refractivity contribution < 1.29 is 4.79 Å². The van der Waals surface area contributed by atoms with Gasteiger partial charge in [-0.2, -0.15) is 0 Å². The highest BCUT2D eigenvalue weighted by molar-refractivity contribution is 9.10. The lowest BCUT2D eigenvalue weighted by atomic mass is 10.1. The lowest BCUT2D eigenvalue weighted by Gasteiger charge is -2.23. The third kappa shape index (κ3) is 4.12. The van der Waals surface area contributed by atoms with Crippen molar-refractivity contribution in [1.82, 2.24) is 10.6 Å². The molecule has 0 saturated carbocycles. The number of hydrogen-bond donors (Lipinski definition) is 2. The van der Waals surface area contributed by atoms with Crippen LogP contribution in [0.2, 0.25) is 5.02 Å². The van der Waals surface area contributed by atoms with Gasteiger partial charge >= 0.3 is 0 Å². The molecule has 2 rings (SSSR count). The number of carbonyl (C=O) groups is 1. The van der Waals surface area contributed by atoms with Crippen LogP contribution in [0.5, 0.6) is 0 Å². The van der Waals surface area contributed by atoms with Gasteiger partial charge in [-0.25, -0.2) is 0 Å². The summed E-state index contributed by atoms with van der Waals surface area (Å²) in [7, 11) is 0. The molecule has 1 fully saturated rings. The van der Waals surface area contributed by atoms with Crippen LogP contribution in [0.15, 0.2) is 22.7 Å². The Morgan fingerprint density at radius 3 is 2.72 bits per heavy atom. The Morgan fingerprint density at radius 1 is 1.39 bits per heavy atom. The number of hydrogen-bond acceptors (Lipinski definition) is 2. The smallest absolute Gasteiger partial charge is 0.252 e.